The Balaban J connectivity index is 1.71. The second-order valence-electron chi connectivity index (χ2n) is 5.45. The topological polar surface area (TPSA) is 63.6 Å². The van der Waals surface area contributed by atoms with E-state index in [0.717, 1.165) is 11.1 Å². The lowest BCUT2D eigenvalue weighted by molar-refractivity contribution is -0.117. The minimum atomic E-state index is -0.648. The van der Waals surface area contributed by atoms with Gasteiger partial charge in [-0.1, -0.05) is 54.6 Å². The number of benzene rings is 2. The molecule has 4 nitrogen and oxygen atoms in total. The zero-order valence-corrected chi connectivity index (χ0v) is 12.9. The summed E-state index contributed by atoms with van der Waals surface area (Å²) in [5.74, 6) is -1.43. The molecule has 24 heavy (non-hydrogen) atoms. The van der Waals surface area contributed by atoms with E-state index in [2.05, 4.69) is 0 Å². The van der Waals surface area contributed by atoms with E-state index < -0.39 is 11.9 Å². The Labute approximate surface area is 139 Å². The molecular formula is C20H16O4. The van der Waals surface area contributed by atoms with Gasteiger partial charge in [-0.2, -0.15) is 0 Å². The van der Waals surface area contributed by atoms with Gasteiger partial charge in [-0.05, 0) is 29.3 Å². The van der Waals surface area contributed by atoms with Gasteiger partial charge >= 0.3 is 5.97 Å². The lowest BCUT2D eigenvalue weighted by atomic mass is 9.92. The largest absolute Gasteiger partial charge is 0.507 e. The van der Waals surface area contributed by atoms with Gasteiger partial charge in [0.1, 0.15) is 17.9 Å². The smallest absolute Gasteiger partial charge is 0.341 e. The van der Waals surface area contributed by atoms with E-state index in [0.29, 0.717) is 0 Å². The van der Waals surface area contributed by atoms with Crippen molar-refractivity contribution in [1.82, 2.24) is 0 Å². The zero-order valence-electron chi connectivity index (χ0n) is 12.9. The molecule has 2 aromatic carbocycles. The molecule has 0 saturated heterocycles. The van der Waals surface area contributed by atoms with Gasteiger partial charge in [0.05, 0.1) is 5.92 Å². The van der Waals surface area contributed by atoms with Crippen LogP contribution in [0.3, 0.4) is 0 Å². The number of aromatic hydroxyl groups is 1. The van der Waals surface area contributed by atoms with Crippen LogP contribution in [0, 0.1) is 5.92 Å². The van der Waals surface area contributed by atoms with E-state index in [9.17, 15) is 14.7 Å². The second kappa shape index (κ2) is 6.96. The van der Waals surface area contributed by atoms with Gasteiger partial charge < -0.3 is 9.84 Å². The fourth-order valence-corrected chi connectivity index (χ4v) is 2.49. The Bertz CT molecular complexity index is 819. The number of hydrogen-bond donors (Lipinski definition) is 1. The Morgan fingerprint density at radius 2 is 1.71 bits per heavy atom. The highest BCUT2D eigenvalue weighted by Crippen LogP contribution is 2.24. The van der Waals surface area contributed by atoms with Crippen LogP contribution >= 0.6 is 0 Å². The summed E-state index contributed by atoms with van der Waals surface area (Å²) in [4.78, 5) is 24.0. The van der Waals surface area contributed by atoms with Crippen molar-refractivity contribution in [2.24, 2.45) is 5.92 Å². The molecule has 3 rings (SSSR count). The predicted molar refractivity (Wildman–Crippen MR) is 90.4 cm³/mol. The number of ether oxygens (including phenoxy) is 1. The van der Waals surface area contributed by atoms with Crippen LogP contribution in [0.25, 0.3) is 5.57 Å². The summed E-state index contributed by atoms with van der Waals surface area (Å²) in [6.45, 7) is -0.0628. The van der Waals surface area contributed by atoms with Gasteiger partial charge in [-0.25, -0.2) is 4.79 Å². The van der Waals surface area contributed by atoms with Crippen LogP contribution in [0.4, 0.5) is 0 Å². The normalized spacial score (nSPS) is 16.6. The molecule has 1 unspecified atom stereocenters. The average molecular weight is 320 g/mol. The molecule has 1 atom stereocenters. The van der Waals surface area contributed by atoms with Crippen molar-refractivity contribution in [3.63, 3.8) is 0 Å². The van der Waals surface area contributed by atoms with Crippen molar-refractivity contribution in [2.45, 2.75) is 0 Å². The van der Waals surface area contributed by atoms with E-state index in [4.69, 9.17) is 4.74 Å². The summed E-state index contributed by atoms with van der Waals surface area (Å²) in [7, 11) is 0. The number of hydrogen-bond acceptors (Lipinski definition) is 4. The molecule has 1 aliphatic rings. The SMILES string of the molecule is O=C(OCC1C=C(c2ccccc2)C=CC1=O)c1ccccc1O. The first kappa shape index (κ1) is 15.7. The first-order valence-electron chi connectivity index (χ1n) is 7.59. The Morgan fingerprint density at radius 3 is 2.46 bits per heavy atom. The van der Waals surface area contributed by atoms with Crippen molar-refractivity contribution >= 4 is 17.3 Å². The molecule has 0 radical (unpaired) electrons. The number of phenolic OH excluding ortho intramolecular Hbond substituents is 1. The monoisotopic (exact) mass is 320 g/mol. The number of carbonyl (C=O) groups is 2. The van der Waals surface area contributed by atoms with Crippen molar-refractivity contribution < 1.29 is 19.4 Å². The second-order valence-corrected chi connectivity index (χ2v) is 5.45. The fourth-order valence-electron chi connectivity index (χ4n) is 2.49. The summed E-state index contributed by atoms with van der Waals surface area (Å²) in [5, 5.41) is 9.67. The number of ketones is 1. The highest BCUT2D eigenvalue weighted by atomic mass is 16.5. The molecule has 1 aliphatic carbocycles. The van der Waals surface area contributed by atoms with Gasteiger partial charge in [-0.3, -0.25) is 4.79 Å². The molecule has 0 spiro atoms. The first-order chi connectivity index (χ1) is 11.6. The number of carbonyl (C=O) groups excluding carboxylic acids is 2. The van der Waals surface area contributed by atoms with Gasteiger partial charge in [0.2, 0.25) is 0 Å². The first-order valence-corrected chi connectivity index (χ1v) is 7.59. The van der Waals surface area contributed by atoms with Crippen LogP contribution in [0.1, 0.15) is 15.9 Å². The number of allylic oxidation sites excluding steroid dienone is 3. The van der Waals surface area contributed by atoms with Crippen LogP contribution in [-0.4, -0.2) is 23.5 Å². The molecule has 0 aliphatic heterocycles. The minimum Gasteiger partial charge on any atom is -0.507 e. The lowest BCUT2D eigenvalue weighted by Crippen LogP contribution is -2.21. The maximum atomic E-state index is 12.0. The van der Waals surface area contributed by atoms with Gasteiger partial charge in [0, 0.05) is 0 Å². The van der Waals surface area contributed by atoms with Gasteiger partial charge in [0.25, 0.3) is 0 Å². The third-order valence-electron chi connectivity index (χ3n) is 3.80. The molecule has 0 bridgehead atoms. The van der Waals surface area contributed by atoms with Crippen molar-refractivity contribution in [2.75, 3.05) is 6.61 Å². The standard InChI is InChI=1S/C20H16O4/c21-18-11-10-15(14-6-2-1-3-7-14)12-16(18)13-24-20(23)17-8-4-5-9-19(17)22/h1-12,16,22H,13H2. The average Bonchev–Trinajstić information content (AvgIpc) is 2.62. The number of phenols is 1. The highest BCUT2D eigenvalue weighted by molar-refractivity contribution is 6.00. The van der Waals surface area contributed by atoms with Crippen LogP contribution in [-0.2, 0) is 9.53 Å². The van der Waals surface area contributed by atoms with E-state index in [1.54, 1.807) is 24.3 Å². The number of esters is 1. The predicted octanol–water partition coefficient (Wildman–Crippen LogP) is 3.39. The summed E-state index contributed by atoms with van der Waals surface area (Å²) in [6.07, 6.45) is 5.07. The quantitative estimate of drug-likeness (QED) is 0.877. The van der Waals surface area contributed by atoms with Gasteiger partial charge in [0.15, 0.2) is 5.78 Å². The van der Waals surface area contributed by atoms with E-state index in [1.165, 1.54) is 18.2 Å². The molecule has 120 valence electrons. The summed E-state index contributed by atoms with van der Waals surface area (Å²) in [6, 6.07) is 15.8. The maximum absolute atomic E-state index is 12.0. The van der Waals surface area contributed by atoms with Crippen molar-refractivity contribution in [3.8, 4) is 5.75 Å². The molecule has 1 N–H and O–H groups in total. The zero-order chi connectivity index (χ0) is 16.9. The van der Waals surface area contributed by atoms with Crippen molar-refractivity contribution in [1.29, 1.82) is 0 Å². The third-order valence-corrected chi connectivity index (χ3v) is 3.80. The van der Waals surface area contributed by atoms with Crippen molar-refractivity contribution in [3.05, 3.63) is 84.0 Å². The van der Waals surface area contributed by atoms with Crippen LogP contribution in [0.2, 0.25) is 0 Å². The molecule has 0 saturated carbocycles. The Kier molecular flexibility index (Phi) is 4.57. The number of rotatable bonds is 4. The minimum absolute atomic E-state index is 0.0628. The summed E-state index contributed by atoms with van der Waals surface area (Å²) >= 11 is 0. The fraction of sp³-hybridized carbons (Fsp3) is 0.100. The summed E-state index contributed by atoms with van der Waals surface area (Å²) < 4.78 is 5.20. The third kappa shape index (κ3) is 3.43. The molecule has 4 heteroatoms. The molecular weight excluding hydrogens is 304 g/mol. The number of para-hydroxylation sites is 1. The summed E-state index contributed by atoms with van der Waals surface area (Å²) in [5.41, 5.74) is 2.00. The molecule has 0 fully saturated rings. The molecule has 0 heterocycles. The van der Waals surface area contributed by atoms with Crippen LogP contribution in [0.5, 0.6) is 5.75 Å². The maximum Gasteiger partial charge on any atom is 0.341 e. The highest BCUT2D eigenvalue weighted by Gasteiger charge is 2.21. The Hall–Kier alpha value is -3.14. The van der Waals surface area contributed by atoms with Crippen LogP contribution in [0.15, 0.2) is 72.8 Å². The van der Waals surface area contributed by atoms with E-state index in [1.807, 2.05) is 30.3 Å². The lowest BCUT2D eigenvalue weighted by Gasteiger charge is -2.16. The van der Waals surface area contributed by atoms with E-state index in [-0.39, 0.29) is 23.7 Å². The van der Waals surface area contributed by atoms with Gasteiger partial charge in [-0.15, -0.1) is 0 Å². The molecule has 0 aromatic heterocycles. The Morgan fingerprint density at radius 1 is 1.00 bits per heavy atom. The van der Waals surface area contributed by atoms with E-state index >= 15 is 0 Å². The molecule has 0 amide bonds. The van der Waals surface area contributed by atoms with Crippen LogP contribution < -0.4 is 0 Å². The molecule has 2 aromatic rings.